The minimum absolute atomic E-state index is 0.105. The van der Waals surface area contributed by atoms with Crippen molar-refractivity contribution >= 4 is 23.3 Å². The molecule has 2 amide bonds. The third-order valence-corrected chi connectivity index (χ3v) is 4.62. The molecule has 2 N–H and O–H groups in total. The second kappa shape index (κ2) is 8.32. The third kappa shape index (κ3) is 5.18. The second-order valence-corrected chi connectivity index (χ2v) is 6.69. The average Bonchev–Trinajstić information content (AvgIpc) is 2.61. The number of halogens is 2. The Labute approximate surface area is 152 Å². The number of amides is 2. The van der Waals surface area contributed by atoms with Crippen LogP contribution in [0.2, 0.25) is 5.02 Å². The van der Waals surface area contributed by atoms with Gasteiger partial charge in [0.05, 0.1) is 5.69 Å². The van der Waals surface area contributed by atoms with Gasteiger partial charge >= 0.3 is 6.03 Å². The van der Waals surface area contributed by atoms with Crippen LogP contribution in [0.1, 0.15) is 18.4 Å². The van der Waals surface area contributed by atoms with Gasteiger partial charge in [0, 0.05) is 30.7 Å². The van der Waals surface area contributed by atoms with Crippen molar-refractivity contribution in [3.63, 3.8) is 0 Å². The van der Waals surface area contributed by atoms with Gasteiger partial charge in [-0.25, -0.2) is 9.18 Å². The second-order valence-electron chi connectivity index (χ2n) is 6.26. The van der Waals surface area contributed by atoms with Crippen LogP contribution in [0.15, 0.2) is 48.5 Å². The van der Waals surface area contributed by atoms with Crippen molar-refractivity contribution in [1.29, 1.82) is 0 Å². The molecule has 6 heteroatoms. The molecular formula is C19H21ClFN3O. The predicted octanol–water partition coefficient (Wildman–Crippen LogP) is 4.27. The summed E-state index contributed by atoms with van der Waals surface area (Å²) >= 11 is 5.91. The molecule has 1 saturated heterocycles. The van der Waals surface area contributed by atoms with Crippen LogP contribution in [0.3, 0.4) is 0 Å². The lowest BCUT2D eigenvalue weighted by molar-refractivity contribution is 0.190. The van der Waals surface area contributed by atoms with Crippen molar-refractivity contribution in [3.8, 4) is 0 Å². The Hall–Kier alpha value is -2.11. The predicted molar refractivity (Wildman–Crippen MR) is 98.3 cm³/mol. The molecule has 0 atom stereocenters. The van der Waals surface area contributed by atoms with Gasteiger partial charge in [0.2, 0.25) is 0 Å². The largest absolute Gasteiger partial charge is 0.335 e. The minimum atomic E-state index is -0.435. The van der Waals surface area contributed by atoms with Gasteiger partial charge in [-0.3, -0.25) is 4.90 Å². The first-order valence-electron chi connectivity index (χ1n) is 8.39. The van der Waals surface area contributed by atoms with Crippen molar-refractivity contribution in [2.75, 3.05) is 18.4 Å². The van der Waals surface area contributed by atoms with E-state index in [1.54, 1.807) is 18.2 Å². The first kappa shape index (κ1) is 17.7. The zero-order valence-electron chi connectivity index (χ0n) is 13.8. The molecule has 2 aromatic rings. The molecule has 0 aliphatic carbocycles. The quantitative estimate of drug-likeness (QED) is 0.854. The highest BCUT2D eigenvalue weighted by Gasteiger charge is 2.21. The lowest BCUT2D eigenvalue weighted by atomic mass is 10.0. The Balaban J connectivity index is 1.43. The number of nitrogens with zero attached hydrogens (tertiary/aromatic N) is 1. The number of anilines is 1. The van der Waals surface area contributed by atoms with Crippen LogP contribution in [-0.2, 0) is 6.54 Å². The molecule has 1 aliphatic rings. The van der Waals surface area contributed by atoms with Crippen molar-refractivity contribution < 1.29 is 9.18 Å². The summed E-state index contributed by atoms with van der Waals surface area (Å²) in [6, 6.07) is 13.8. The number of piperidine rings is 1. The Morgan fingerprint density at radius 2 is 1.80 bits per heavy atom. The first-order valence-corrected chi connectivity index (χ1v) is 8.77. The van der Waals surface area contributed by atoms with Crippen LogP contribution in [0, 0.1) is 5.82 Å². The third-order valence-electron chi connectivity index (χ3n) is 4.36. The van der Waals surface area contributed by atoms with E-state index in [1.165, 1.54) is 11.6 Å². The SMILES string of the molecule is O=C(Nc1ccccc1F)NC1CCN(Cc2ccc(Cl)cc2)CC1. The normalized spacial score (nSPS) is 15.8. The van der Waals surface area contributed by atoms with Gasteiger partial charge in [-0.15, -0.1) is 0 Å². The Morgan fingerprint density at radius 1 is 1.12 bits per heavy atom. The average molecular weight is 362 g/mol. The smallest absolute Gasteiger partial charge is 0.319 e. The molecule has 4 nitrogen and oxygen atoms in total. The fourth-order valence-corrected chi connectivity index (χ4v) is 3.12. The molecule has 1 fully saturated rings. The van der Waals surface area contributed by atoms with E-state index in [-0.39, 0.29) is 17.8 Å². The highest BCUT2D eigenvalue weighted by atomic mass is 35.5. The van der Waals surface area contributed by atoms with E-state index in [4.69, 9.17) is 11.6 Å². The maximum atomic E-state index is 13.6. The molecule has 2 aromatic carbocycles. The summed E-state index contributed by atoms with van der Waals surface area (Å²) in [6.45, 7) is 2.70. The van der Waals surface area contributed by atoms with Crippen molar-refractivity contribution in [1.82, 2.24) is 10.2 Å². The van der Waals surface area contributed by atoms with E-state index in [9.17, 15) is 9.18 Å². The summed E-state index contributed by atoms with van der Waals surface area (Å²) < 4.78 is 13.6. The summed E-state index contributed by atoms with van der Waals surface area (Å²) in [7, 11) is 0. The zero-order chi connectivity index (χ0) is 17.6. The maximum Gasteiger partial charge on any atom is 0.319 e. The summed E-state index contributed by atoms with van der Waals surface area (Å²) in [5, 5.41) is 6.23. The van der Waals surface area contributed by atoms with Crippen molar-refractivity contribution in [3.05, 3.63) is 64.9 Å². The number of nitrogens with one attached hydrogen (secondary N) is 2. The lowest BCUT2D eigenvalue weighted by Gasteiger charge is -2.32. The van der Waals surface area contributed by atoms with Crippen LogP contribution in [0.4, 0.5) is 14.9 Å². The minimum Gasteiger partial charge on any atom is -0.335 e. The van der Waals surface area contributed by atoms with Crippen LogP contribution in [0.5, 0.6) is 0 Å². The van der Waals surface area contributed by atoms with E-state index < -0.39 is 5.82 Å². The van der Waals surface area contributed by atoms with Gasteiger partial charge in [-0.1, -0.05) is 35.9 Å². The molecule has 3 rings (SSSR count). The molecular weight excluding hydrogens is 341 g/mol. The van der Waals surface area contributed by atoms with Crippen LogP contribution in [0.25, 0.3) is 0 Å². The van der Waals surface area contributed by atoms with Gasteiger partial charge in [0.25, 0.3) is 0 Å². The number of likely N-dealkylation sites (tertiary alicyclic amines) is 1. The standard InChI is InChI=1S/C19H21ClFN3O/c20-15-7-5-14(6-8-15)13-24-11-9-16(10-12-24)22-19(25)23-18-4-2-1-3-17(18)21/h1-8,16H,9-13H2,(H2,22,23,25). The summed E-state index contributed by atoms with van der Waals surface area (Å²) in [5.41, 5.74) is 1.42. The number of rotatable bonds is 4. The van der Waals surface area contributed by atoms with Crippen LogP contribution >= 0.6 is 11.6 Å². The van der Waals surface area contributed by atoms with Crippen LogP contribution < -0.4 is 10.6 Å². The monoisotopic (exact) mass is 361 g/mol. The molecule has 1 heterocycles. The highest BCUT2D eigenvalue weighted by Crippen LogP contribution is 2.17. The number of carbonyl (C=O) groups excluding carboxylic acids is 1. The van der Waals surface area contributed by atoms with Gasteiger partial charge in [-0.05, 0) is 42.7 Å². The number of benzene rings is 2. The van der Waals surface area contributed by atoms with E-state index in [1.807, 2.05) is 24.3 Å². The summed E-state index contributed by atoms with van der Waals surface area (Å²) in [6.07, 6.45) is 1.75. The van der Waals surface area contributed by atoms with E-state index in [0.29, 0.717) is 0 Å². The lowest BCUT2D eigenvalue weighted by Crippen LogP contribution is -2.45. The van der Waals surface area contributed by atoms with Gasteiger partial charge < -0.3 is 10.6 Å². The molecule has 0 radical (unpaired) electrons. The first-order chi connectivity index (χ1) is 12.1. The van der Waals surface area contributed by atoms with Gasteiger partial charge in [-0.2, -0.15) is 0 Å². The van der Waals surface area contributed by atoms with Crippen molar-refractivity contribution in [2.24, 2.45) is 0 Å². The molecule has 0 aromatic heterocycles. The summed E-state index contributed by atoms with van der Waals surface area (Å²) in [4.78, 5) is 14.4. The van der Waals surface area contributed by atoms with E-state index in [2.05, 4.69) is 15.5 Å². The highest BCUT2D eigenvalue weighted by molar-refractivity contribution is 6.30. The molecule has 1 aliphatic heterocycles. The fourth-order valence-electron chi connectivity index (χ4n) is 2.99. The Bertz CT molecular complexity index is 715. The van der Waals surface area contributed by atoms with E-state index >= 15 is 0 Å². The molecule has 0 unspecified atom stereocenters. The molecule has 132 valence electrons. The van der Waals surface area contributed by atoms with E-state index in [0.717, 1.165) is 37.5 Å². The number of carbonyl (C=O) groups is 1. The number of urea groups is 1. The van der Waals surface area contributed by atoms with Crippen molar-refractivity contribution in [2.45, 2.75) is 25.4 Å². The molecule has 0 bridgehead atoms. The summed E-state index contributed by atoms with van der Waals surface area (Å²) in [5.74, 6) is -0.435. The number of para-hydroxylation sites is 1. The fraction of sp³-hybridized carbons (Fsp3) is 0.316. The topological polar surface area (TPSA) is 44.4 Å². The number of hydrogen-bond acceptors (Lipinski definition) is 2. The number of hydrogen-bond donors (Lipinski definition) is 2. The van der Waals surface area contributed by atoms with Gasteiger partial charge in [0.15, 0.2) is 0 Å². The Morgan fingerprint density at radius 3 is 2.48 bits per heavy atom. The van der Waals surface area contributed by atoms with Gasteiger partial charge in [0.1, 0.15) is 5.82 Å². The molecule has 0 saturated carbocycles. The molecule has 0 spiro atoms. The van der Waals surface area contributed by atoms with Crippen LogP contribution in [-0.4, -0.2) is 30.1 Å². The molecule has 25 heavy (non-hydrogen) atoms. The maximum absolute atomic E-state index is 13.6. The Kier molecular flexibility index (Phi) is 5.89. The zero-order valence-corrected chi connectivity index (χ0v) is 14.6.